The molecule has 9 nitrogen and oxygen atoms in total. The van der Waals surface area contributed by atoms with Crippen molar-refractivity contribution in [2.45, 2.75) is 51.8 Å². The van der Waals surface area contributed by atoms with Crippen LogP contribution in [-0.2, 0) is 19.1 Å². The number of imidazole rings is 1. The molecule has 4 N–H and O–H groups in total. The van der Waals surface area contributed by atoms with Crippen molar-refractivity contribution in [3.63, 3.8) is 0 Å². The van der Waals surface area contributed by atoms with Gasteiger partial charge in [0.15, 0.2) is 17.2 Å². The normalized spacial score (nSPS) is 11.9. The molecule has 0 aliphatic rings. The van der Waals surface area contributed by atoms with E-state index in [1.807, 2.05) is 6.92 Å². The molecular formula is C26H29F5N8O. The van der Waals surface area contributed by atoms with Crippen molar-refractivity contribution >= 4 is 23.1 Å². The third-order valence-corrected chi connectivity index (χ3v) is 6.22. The number of amides is 1. The van der Waals surface area contributed by atoms with Gasteiger partial charge in [-0.05, 0) is 49.6 Å². The number of nitrogens with zero attached hydrogens (tertiary/aromatic N) is 5. The molecule has 0 aliphatic heterocycles. The number of carbonyl (C=O) groups is 1. The smallest absolute Gasteiger partial charge is 0.352 e. The number of fused-ring (bicyclic) bond motifs is 1. The minimum absolute atomic E-state index is 0.0148. The van der Waals surface area contributed by atoms with Crippen LogP contribution in [0.3, 0.4) is 0 Å². The van der Waals surface area contributed by atoms with E-state index in [0.29, 0.717) is 35.4 Å². The summed E-state index contributed by atoms with van der Waals surface area (Å²) in [6.07, 6.45) is 0.462. The van der Waals surface area contributed by atoms with Crippen molar-refractivity contribution in [1.29, 1.82) is 0 Å². The SMILES string of the molecule is CCc1cc(Nc2nccn3c(-c4cn(CC(F)F)nc4C(F)(F)F)cnc23)ccc1C(=O)NCCCCCN. The van der Waals surface area contributed by atoms with E-state index in [9.17, 15) is 26.7 Å². The Kier molecular flexibility index (Phi) is 8.97. The number of nitrogens with two attached hydrogens (primary N) is 1. The number of hydrogen-bond acceptors (Lipinski definition) is 6. The maximum Gasteiger partial charge on any atom is 0.435 e. The average molecular weight is 565 g/mol. The first-order valence-corrected chi connectivity index (χ1v) is 12.8. The highest BCUT2D eigenvalue weighted by Gasteiger charge is 2.38. The Morgan fingerprint density at radius 2 is 1.95 bits per heavy atom. The molecule has 0 spiro atoms. The molecule has 0 fully saturated rings. The van der Waals surface area contributed by atoms with Gasteiger partial charge in [-0.3, -0.25) is 13.9 Å². The van der Waals surface area contributed by atoms with Crippen LogP contribution in [0.5, 0.6) is 0 Å². The van der Waals surface area contributed by atoms with E-state index in [0.717, 1.165) is 31.0 Å². The summed E-state index contributed by atoms with van der Waals surface area (Å²) >= 11 is 0. The number of unbranched alkanes of at least 4 members (excludes halogenated alkanes) is 2. The summed E-state index contributed by atoms with van der Waals surface area (Å²) in [4.78, 5) is 21.2. The lowest BCUT2D eigenvalue weighted by molar-refractivity contribution is -0.141. The first-order valence-electron chi connectivity index (χ1n) is 12.8. The lowest BCUT2D eigenvalue weighted by Crippen LogP contribution is -2.25. The third kappa shape index (κ3) is 6.55. The Hall–Kier alpha value is -4.07. The molecule has 1 amide bonds. The van der Waals surface area contributed by atoms with Crippen LogP contribution < -0.4 is 16.4 Å². The second kappa shape index (κ2) is 12.4. The fourth-order valence-electron chi connectivity index (χ4n) is 4.33. The highest BCUT2D eigenvalue weighted by atomic mass is 19.4. The number of aromatic nitrogens is 5. The molecule has 0 aliphatic carbocycles. The van der Waals surface area contributed by atoms with Crippen LogP contribution in [0.1, 0.15) is 47.8 Å². The zero-order valence-electron chi connectivity index (χ0n) is 21.7. The monoisotopic (exact) mass is 564 g/mol. The van der Waals surface area contributed by atoms with Crippen molar-refractivity contribution < 1.29 is 26.7 Å². The number of anilines is 2. The maximum atomic E-state index is 13.7. The number of alkyl halides is 5. The fraction of sp³-hybridized carbons (Fsp3) is 0.385. The summed E-state index contributed by atoms with van der Waals surface area (Å²) in [7, 11) is 0. The van der Waals surface area contributed by atoms with Gasteiger partial charge in [0.05, 0.1) is 17.5 Å². The minimum atomic E-state index is -4.87. The molecule has 0 saturated carbocycles. The summed E-state index contributed by atoms with van der Waals surface area (Å²) in [5.41, 5.74) is 5.98. The van der Waals surface area contributed by atoms with Crippen molar-refractivity contribution in [2.75, 3.05) is 18.4 Å². The van der Waals surface area contributed by atoms with Crippen LogP contribution in [0.4, 0.5) is 33.5 Å². The van der Waals surface area contributed by atoms with Crippen LogP contribution in [0, 0.1) is 0 Å². The van der Waals surface area contributed by atoms with Crippen LogP contribution in [-0.4, -0.2) is 49.6 Å². The fourth-order valence-corrected chi connectivity index (χ4v) is 4.33. The van der Waals surface area contributed by atoms with E-state index >= 15 is 0 Å². The van der Waals surface area contributed by atoms with Crippen LogP contribution in [0.2, 0.25) is 0 Å². The quantitative estimate of drug-likeness (QED) is 0.164. The maximum absolute atomic E-state index is 13.7. The molecule has 0 radical (unpaired) electrons. The van der Waals surface area contributed by atoms with E-state index in [2.05, 4.69) is 25.7 Å². The molecule has 0 atom stereocenters. The Bertz CT molecular complexity index is 1460. The zero-order chi connectivity index (χ0) is 28.9. The Morgan fingerprint density at radius 3 is 2.65 bits per heavy atom. The van der Waals surface area contributed by atoms with E-state index < -0.39 is 24.8 Å². The number of nitrogens with one attached hydrogen (secondary N) is 2. The van der Waals surface area contributed by atoms with Gasteiger partial charge in [0.25, 0.3) is 12.3 Å². The molecule has 4 aromatic rings. The molecule has 214 valence electrons. The molecule has 0 unspecified atom stereocenters. The molecule has 3 aromatic heterocycles. The second-order valence-corrected chi connectivity index (χ2v) is 9.07. The molecule has 1 aromatic carbocycles. The molecule has 40 heavy (non-hydrogen) atoms. The topological polar surface area (TPSA) is 115 Å². The van der Waals surface area contributed by atoms with Crippen LogP contribution in [0.25, 0.3) is 16.9 Å². The van der Waals surface area contributed by atoms with Crippen LogP contribution >= 0.6 is 0 Å². The Morgan fingerprint density at radius 1 is 1.15 bits per heavy atom. The predicted octanol–water partition coefficient (Wildman–Crippen LogP) is 5.04. The Balaban J connectivity index is 1.60. The molecular weight excluding hydrogens is 535 g/mol. The van der Waals surface area contributed by atoms with Crippen molar-refractivity contribution in [2.24, 2.45) is 5.73 Å². The lowest BCUT2D eigenvalue weighted by Gasteiger charge is -2.13. The number of rotatable bonds is 12. The van der Waals surface area contributed by atoms with E-state index in [1.165, 1.54) is 23.0 Å². The Labute approximate surface area is 226 Å². The number of aryl methyl sites for hydroxylation is 1. The van der Waals surface area contributed by atoms with Crippen molar-refractivity contribution in [1.82, 2.24) is 29.5 Å². The summed E-state index contributed by atoms with van der Waals surface area (Å²) in [5, 5.41) is 9.38. The molecule has 0 saturated heterocycles. The van der Waals surface area contributed by atoms with Gasteiger partial charge in [0, 0.05) is 36.4 Å². The van der Waals surface area contributed by atoms with Gasteiger partial charge in [-0.15, -0.1) is 0 Å². The highest BCUT2D eigenvalue weighted by molar-refractivity contribution is 5.96. The summed E-state index contributed by atoms with van der Waals surface area (Å²) < 4.78 is 68.7. The molecule has 3 heterocycles. The highest BCUT2D eigenvalue weighted by Crippen LogP contribution is 2.37. The van der Waals surface area contributed by atoms with Gasteiger partial charge in [-0.2, -0.15) is 18.3 Å². The first-order chi connectivity index (χ1) is 19.1. The predicted molar refractivity (Wildman–Crippen MR) is 140 cm³/mol. The summed E-state index contributed by atoms with van der Waals surface area (Å²) in [6, 6.07) is 5.20. The van der Waals surface area contributed by atoms with E-state index in [-0.39, 0.29) is 28.6 Å². The standard InChI is InChI=1S/C26H29F5N8O/c1-2-16-12-17(6-7-18(16)25(40)34-9-5-3-4-8-32)36-23-24-35-13-20(39(24)11-10-33-23)19-14-38(15-21(27)28)37-22(19)26(29,30)31/h6-7,10-14,21H,2-5,8-9,15,32H2,1H3,(H,33,36)(H,34,40). The minimum Gasteiger partial charge on any atom is -0.352 e. The molecule has 14 heteroatoms. The average Bonchev–Trinajstić information content (AvgIpc) is 3.52. The zero-order valence-corrected chi connectivity index (χ0v) is 21.7. The van der Waals surface area contributed by atoms with Gasteiger partial charge in [0.2, 0.25) is 0 Å². The number of carbonyl (C=O) groups excluding carboxylic acids is 1. The lowest BCUT2D eigenvalue weighted by atomic mass is 10.0. The van der Waals surface area contributed by atoms with Gasteiger partial charge in [0.1, 0.15) is 6.54 Å². The van der Waals surface area contributed by atoms with Crippen LogP contribution in [0.15, 0.2) is 43.0 Å². The van der Waals surface area contributed by atoms with Crippen molar-refractivity contribution in [3.8, 4) is 11.3 Å². The van der Waals surface area contributed by atoms with Gasteiger partial charge in [-0.1, -0.05) is 13.3 Å². The van der Waals surface area contributed by atoms with E-state index in [1.54, 1.807) is 18.2 Å². The van der Waals surface area contributed by atoms with Gasteiger partial charge < -0.3 is 16.4 Å². The molecule has 4 rings (SSSR count). The largest absolute Gasteiger partial charge is 0.435 e. The number of benzene rings is 1. The van der Waals surface area contributed by atoms with Gasteiger partial charge >= 0.3 is 6.18 Å². The van der Waals surface area contributed by atoms with E-state index in [4.69, 9.17) is 5.73 Å². The summed E-state index contributed by atoms with van der Waals surface area (Å²) in [6.45, 7) is 2.11. The van der Waals surface area contributed by atoms with Gasteiger partial charge in [-0.25, -0.2) is 18.7 Å². The number of halogens is 5. The number of hydrogen-bond donors (Lipinski definition) is 3. The first kappa shape index (κ1) is 28.9. The second-order valence-electron chi connectivity index (χ2n) is 9.07. The summed E-state index contributed by atoms with van der Waals surface area (Å²) in [5.74, 6) is 0.0727. The van der Waals surface area contributed by atoms with Crippen molar-refractivity contribution in [3.05, 3.63) is 59.8 Å². The third-order valence-electron chi connectivity index (χ3n) is 6.22. The molecule has 0 bridgehead atoms.